The van der Waals surface area contributed by atoms with Crippen LogP contribution in [-0.2, 0) is 16.0 Å². The van der Waals surface area contributed by atoms with E-state index in [2.05, 4.69) is 10.3 Å². The molecule has 0 saturated heterocycles. The maximum atomic E-state index is 12.3. The fourth-order valence-corrected chi connectivity index (χ4v) is 2.79. The lowest BCUT2D eigenvalue weighted by atomic mass is 10.2. The number of carbonyl (C=O) groups is 2. The first-order chi connectivity index (χ1) is 12.1. The van der Waals surface area contributed by atoms with Gasteiger partial charge in [0, 0.05) is 25.1 Å². The summed E-state index contributed by atoms with van der Waals surface area (Å²) in [6, 6.07) is 10.9. The van der Waals surface area contributed by atoms with Crippen LogP contribution in [0, 0.1) is 0 Å². The Kier molecular flexibility index (Phi) is 3.61. The molecular formula is C18H16N4O3. The number of carbonyl (C=O) groups excluding carboxylic acids is 2. The number of ether oxygens (including phenoxy) is 1. The van der Waals surface area contributed by atoms with Gasteiger partial charge in [0.1, 0.15) is 11.4 Å². The van der Waals surface area contributed by atoms with Crippen molar-refractivity contribution in [1.82, 2.24) is 9.38 Å². The highest BCUT2D eigenvalue weighted by Gasteiger charge is 2.22. The highest BCUT2D eigenvalue weighted by molar-refractivity contribution is 5.99. The number of hydrogen-bond donors (Lipinski definition) is 1. The number of fused-ring (bicyclic) bond motifs is 2. The van der Waals surface area contributed by atoms with E-state index in [0.717, 1.165) is 5.65 Å². The van der Waals surface area contributed by atoms with Gasteiger partial charge in [-0.3, -0.25) is 9.59 Å². The lowest BCUT2D eigenvalue weighted by Crippen LogP contribution is -2.35. The molecule has 1 N–H and O–H groups in total. The van der Waals surface area contributed by atoms with E-state index in [-0.39, 0.29) is 24.8 Å². The van der Waals surface area contributed by atoms with E-state index < -0.39 is 0 Å². The SMILES string of the molecule is CN1C(=O)COc2ccc(NC(=O)Cc3cn4ccccc4n3)cc21. The van der Waals surface area contributed by atoms with E-state index >= 15 is 0 Å². The van der Waals surface area contributed by atoms with Crippen LogP contribution < -0.4 is 15.0 Å². The number of hydrogen-bond acceptors (Lipinski definition) is 4. The minimum Gasteiger partial charge on any atom is -0.482 e. The van der Waals surface area contributed by atoms with Crippen LogP contribution in [0.4, 0.5) is 11.4 Å². The fraction of sp³-hybridized carbons (Fsp3) is 0.167. The van der Waals surface area contributed by atoms with Crippen molar-refractivity contribution in [2.75, 3.05) is 23.9 Å². The number of imidazole rings is 1. The number of rotatable bonds is 3. The van der Waals surface area contributed by atoms with Gasteiger partial charge in [0.2, 0.25) is 5.91 Å². The summed E-state index contributed by atoms with van der Waals surface area (Å²) in [6.45, 7) is 0.0308. The van der Waals surface area contributed by atoms with Gasteiger partial charge >= 0.3 is 0 Å². The molecule has 7 heteroatoms. The number of aromatic nitrogens is 2. The van der Waals surface area contributed by atoms with Crippen molar-refractivity contribution in [2.24, 2.45) is 0 Å². The van der Waals surface area contributed by atoms with Crippen LogP contribution in [0.25, 0.3) is 5.65 Å². The van der Waals surface area contributed by atoms with Crippen molar-refractivity contribution < 1.29 is 14.3 Å². The third-order valence-electron chi connectivity index (χ3n) is 4.08. The average molecular weight is 336 g/mol. The predicted molar refractivity (Wildman–Crippen MR) is 92.9 cm³/mol. The van der Waals surface area contributed by atoms with Crippen molar-refractivity contribution in [3.63, 3.8) is 0 Å². The molecule has 4 rings (SSSR count). The maximum Gasteiger partial charge on any atom is 0.264 e. The van der Waals surface area contributed by atoms with E-state index in [1.807, 2.05) is 35.0 Å². The van der Waals surface area contributed by atoms with E-state index in [4.69, 9.17) is 4.74 Å². The van der Waals surface area contributed by atoms with Gasteiger partial charge in [0.15, 0.2) is 6.61 Å². The zero-order chi connectivity index (χ0) is 17.4. The van der Waals surface area contributed by atoms with Gasteiger partial charge in [0.25, 0.3) is 5.91 Å². The molecule has 25 heavy (non-hydrogen) atoms. The first-order valence-corrected chi connectivity index (χ1v) is 7.86. The molecule has 3 heterocycles. The van der Waals surface area contributed by atoms with Crippen LogP contribution in [-0.4, -0.2) is 34.9 Å². The van der Waals surface area contributed by atoms with E-state index in [0.29, 0.717) is 22.8 Å². The van der Waals surface area contributed by atoms with Crippen LogP contribution >= 0.6 is 0 Å². The second-order valence-electron chi connectivity index (χ2n) is 5.85. The Labute approximate surface area is 143 Å². The molecule has 0 aliphatic carbocycles. The minimum absolute atomic E-state index is 0.0308. The Morgan fingerprint density at radius 1 is 1.32 bits per heavy atom. The van der Waals surface area contributed by atoms with Crippen molar-refractivity contribution in [3.8, 4) is 5.75 Å². The summed E-state index contributed by atoms with van der Waals surface area (Å²) >= 11 is 0. The second-order valence-corrected chi connectivity index (χ2v) is 5.85. The summed E-state index contributed by atoms with van der Waals surface area (Å²) in [5.74, 6) is 0.329. The summed E-state index contributed by atoms with van der Waals surface area (Å²) in [4.78, 5) is 30.0. The van der Waals surface area contributed by atoms with Gasteiger partial charge in [0.05, 0.1) is 17.8 Å². The lowest BCUT2D eigenvalue weighted by Gasteiger charge is -2.26. The van der Waals surface area contributed by atoms with Crippen molar-refractivity contribution in [1.29, 1.82) is 0 Å². The number of likely N-dealkylation sites (N-methyl/N-ethyl adjacent to an activating group) is 1. The third kappa shape index (κ3) is 2.91. The summed E-state index contributed by atoms with van der Waals surface area (Å²) in [6.07, 6.45) is 3.89. The Morgan fingerprint density at radius 3 is 3.04 bits per heavy atom. The van der Waals surface area contributed by atoms with Gasteiger partial charge < -0.3 is 19.4 Å². The molecule has 0 bridgehead atoms. The van der Waals surface area contributed by atoms with E-state index in [1.54, 1.807) is 25.2 Å². The monoisotopic (exact) mass is 336 g/mol. The van der Waals surface area contributed by atoms with Crippen LogP contribution in [0.5, 0.6) is 5.75 Å². The molecule has 126 valence electrons. The first kappa shape index (κ1) is 15.2. The van der Waals surface area contributed by atoms with Gasteiger partial charge in [-0.15, -0.1) is 0 Å². The lowest BCUT2D eigenvalue weighted by molar-refractivity contribution is -0.121. The molecule has 0 unspecified atom stereocenters. The molecule has 7 nitrogen and oxygen atoms in total. The number of pyridine rings is 1. The second kappa shape index (κ2) is 5.94. The van der Waals surface area contributed by atoms with Gasteiger partial charge in [-0.25, -0.2) is 4.98 Å². The topological polar surface area (TPSA) is 75.9 Å². The zero-order valence-electron chi connectivity index (χ0n) is 13.6. The Balaban J connectivity index is 1.50. The number of benzene rings is 1. The highest BCUT2D eigenvalue weighted by atomic mass is 16.5. The smallest absolute Gasteiger partial charge is 0.264 e. The highest BCUT2D eigenvalue weighted by Crippen LogP contribution is 2.33. The third-order valence-corrected chi connectivity index (χ3v) is 4.08. The zero-order valence-corrected chi connectivity index (χ0v) is 13.6. The average Bonchev–Trinajstić information content (AvgIpc) is 3.00. The Bertz CT molecular complexity index is 946. The molecule has 1 aliphatic heterocycles. The number of nitrogens with zero attached hydrogens (tertiary/aromatic N) is 3. The van der Waals surface area contributed by atoms with E-state index in [9.17, 15) is 9.59 Å². The summed E-state index contributed by atoms with van der Waals surface area (Å²) in [7, 11) is 1.69. The number of nitrogens with one attached hydrogen (secondary N) is 1. The Hall–Kier alpha value is -3.35. The quantitative estimate of drug-likeness (QED) is 0.792. The molecule has 1 aliphatic rings. The van der Waals surface area contributed by atoms with Crippen molar-refractivity contribution >= 4 is 28.8 Å². The summed E-state index contributed by atoms with van der Waals surface area (Å²) in [5, 5.41) is 2.84. The predicted octanol–water partition coefficient (Wildman–Crippen LogP) is 1.87. The van der Waals surface area contributed by atoms with Crippen molar-refractivity contribution in [3.05, 3.63) is 54.5 Å². The molecule has 3 aromatic rings. The van der Waals surface area contributed by atoms with Crippen molar-refractivity contribution in [2.45, 2.75) is 6.42 Å². The van der Waals surface area contributed by atoms with Crippen LogP contribution in [0.1, 0.15) is 5.69 Å². The fourth-order valence-electron chi connectivity index (χ4n) is 2.79. The first-order valence-electron chi connectivity index (χ1n) is 7.86. The Morgan fingerprint density at radius 2 is 2.20 bits per heavy atom. The standard InChI is InChI=1S/C18H16N4O3/c1-21-14-8-12(5-6-15(14)25-11-18(21)24)20-17(23)9-13-10-22-7-3-2-4-16(22)19-13/h2-8,10H,9,11H2,1H3,(H,20,23). The molecule has 0 spiro atoms. The normalized spacial score (nSPS) is 13.5. The molecule has 2 amide bonds. The molecule has 0 saturated carbocycles. The molecule has 1 aromatic carbocycles. The maximum absolute atomic E-state index is 12.3. The summed E-state index contributed by atoms with van der Waals surface area (Å²) < 4.78 is 7.25. The molecule has 0 atom stereocenters. The number of anilines is 2. The summed E-state index contributed by atoms with van der Waals surface area (Å²) in [5.41, 5.74) is 2.74. The van der Waals surface area contributed by atoms with E-state index in [1.165, 1.54) is 4.90 Å². The molecular weight excluding hydrogens is 320 g/mol. The van der Waals surface area contributed by atoms with Crippen LogP contribution in [0.3, 0.4) is 0 Å². The molecule has 2 aromatic heterocycles. The number of amides is 2. The van der Waals surface area contributed by atoms with Gasteiger partial charge in [-0.1, -0.05) is 6.07 Å². The molecule has 0 fully saturated rings. The minimum atomic E-state index is -0.172. The van der Waals surface area contributed by atoms with Gasteiger partial charge in [-0.2, -0.15) is 0 Å². The molecule has 0 radical (unpaired) electrons. The van der Waals surface area contributed by atoms with Gasteiger partial charge in [-0.05, 0) is 30.3 Å². The largest absolute Gasteiger partial charge is 0.482 e. The van der Waals surface area contributed by atoms with Crippen LogP contribution in [0.2, 0.25) is 0 Å². The van der Waals surface area contributed by atoms with Crippen LogP contribution in [0.15, 0.2) is 48.8 Å².